The molecule has 0 aromatic heterocycles. The summed E-state index contributed by atoms with van der Waals surface area (Å²) in [6.45, 7) is 3.62. The van der Waals surface area contributed by atoms with Crippen molar-refractivity contribution < 1.29 is 23.9 Å². The molecule has 3 aliphatic rings. The van der Waals surface area contributed by atoms with Gasteiger partial charge < -0.3 is 14.4 Å². The summed E-state index contributed by atoms with van der Waals surface area (Å²) in [5, 5.41) is 2.31. The number of carbonyl (C=O) groups is 3. The highest BCUT2D eigenvalue weighted by atomic mass is 16.5. The first-order chi connectivity index (χ1) is 13.0. The van der Waals surface area contributed by atoms with E-state index in [2.05, 4.69) is 10.2 Å². The number of hydrogen-bond acceptors (Lipinski definition) is 6. The molecule has 27 heavy (non-hydrogen) atoms. The van der Waals surface area contributed by atoms with Crippen LogP contribution in [0.15, 0.2) is 18.2 Å². The van der Waals surface area contributed by atoms with Crippen LogP contribution in [0.4, 0.5) is 0 Å². The van der Waals surface area contributed by atoms with E-state index in [9.17, 15) is 14.4 Å². The summed E-state index contributed by atoms with van der Waals surface area (Å²) in [5.41, 5.74) is 1.45. The lowest BCUT2D eigenvalue weighted by molar-refractivity contribution is -0.136. The van der Waals surface area contributed by atoms with Gasteiger partial charge in [0.15, 0.2) is 0 Å². The van der Waals surface area contributed by atoms with Crippen LogP contribution in [-0.2, 0) is 20.9 Å². The van der Waals surface area contributed by atoms with Crippen molar-refractivity contribution in [2.24, 2.45) is 0 Å². The maximum Gasteiger partial charge on any atom is 0.255 e. The fraction of sp³-hybridized carbons (Fsp3) is 0.526. The Hall–Kier alpha value is -2.45. The van der Waals surface area contributed by atoms with E-state index in [1.807, 2.05) is 6.07 Å². The van der Waals surface area contributed by atoms with Crippen molar-refractivity contribution in [3.63, 3.8) is 0 Å². The van der Waals surface area contributed by atoms with Crippen molar-refractivity contribution in [3.8, 4) is 5.75 Å². The van der Waals surface area contributed by atoms with Crippen molar-refractivity contribution in [2.45, 2.75) is 31.5 Å². The number of carbonyl (C=O) groups excluding carboxylic acids is 3. The largest absolute Gasteiger partial charge is 0.492 e. The molecule has 1 aromatic rings. The van der Waals surface area contributed by atoms with Gasteiger partial charge in [0.1, 0.15) is 18.4 Å². The van der Waals surface area contributed by atoms with E-state index in [0.717, 1.165) is 30.9 Å². The highest BCUT2D eigenvalue weighted by Crippen LogP contribution is 2.30. The number of imide groups is 1. The Morgan fingerprint density at radius 3 is 2.78 bits per heavy atom. The molecular weight excluding hydrogens is 350 g/mol. The molecule has 1 N–H and O–H groups in total. The Morgan fingerprint density at radius 1 is 1.22 bits per heavy atom. The van der Waals surface area contributed by atoms with Crippen molar-refractivity contribution in [2.75, 3.05) is 33.4 Å². The zero-order valence-corrected chi connectivity index (χ0v) is 15.3. The first-order valence-corrected chi connectivity index (χ1v) is 9.20. The molecule has 1 unspecified atom stereocenters. The zero-order chi connectivity index (χ0) is 19.0. The van der Waals surface area contributed by atoms with Gasteiger partial charge in [-0.05, 0) is 30.2 Å². The molecule has 3 amide bonds. The van der Waals surface area contributed by atoms with Crippen LogP contribution < -0.4 is 10.1 Å². The standard InChI is InChI=1S/C19H23N3O5/c1-26-14-10-21(11-14)6-7-27-13-2-3-15-12(8-13)9-22(19(15)25)16-4-5-17(23)20-18(16)24/h2-3,8,14,16H,4-7,9-11H2,1H3,(H,20,23,24). The van der Waals surface area contributed by atoms with Gasteiger partial charge in [-0.3, -0.25) is 24.6 Å². The summed E-state index contributed by atoms with van der Waals surface area (Å²) in [7, 11) is 1.72. The quantitative estimate of drug-likeness (QED) is 0.715. The van der Waals surface area contributed by atoms with E-state index >= 15 is 0 Å². The fourth-order valence-corrected chi connectivity index (χ4v) is 3.79. The second-order valence-corrected chi connectivity index (χ2v) is 7.18. The van der Waals surface area contributed by atoms with Crippen LogP contribution in [0.2, 0.25) is 0 Å². The van der Waals surface area contributed by atoms with Crippen molar-refractivity contribution >= 4 is 17.7 Å². The van der Waals surface area contributed by atoms with Crippen molar-refractivity contribution in [1.82, 2.24) is 15.1 Å². The number of benzene rings is 1. The number of nitrogens with zero attached hydrogens (tertiary/aromatic N) is 2. The summed E-state index contributed by atoms with van der Waals surface area (Å²) >= 11 is 0. The van der Waals surface area contributed by atoms with E-state index in [0.29, 0.717) is 31.2 Å². The third-order valence-corrected chi connectivity index (χ3v) is 5.43. The van der Waals surface area contributed by atoms with Gasteiger partial charge in [-0.1, -0.05) is 0 Å². The lowest BCUT2D eigenvalue weighted by Gasteiger charge is -2.37. The van der Waals surface area contributed by atoms with Gasteiger partial charge in [0.25, 0.3) is 5.91 Å². The molecule has 1 aromatic carbocycles. The highest BCUT2D eigenvalue weighted by molar-refractivity contribution is 6.05. The van der Waals surface area contributed by atoms with E-state index in [-0.39, 0.29) is 18.2 Å². The van der Waals surface area contributed by atoms with Gasteiger partial charge in [-0.15, -0.1) is 0 Å². The minimum atomic E-state index is -0.591. The highest BCUT2D eigenvalue weighted by Gasteiger charge is 2.39. The van der Waals surface area contributed by atoms with E-state index < -0.39 is 11.9 Å². The first kappa shape index (κ1) is 17.9. The normalized spacial score (nSPS) is 23.2. The number of rotatable bonds is 6. The van der Waals surface area contributed by atoms with Gasteiger partial charge in [0.2, 0.25) is 11.8 Å². The molecule has 0 aliphatic carbocycles. The van der Waals surface area contributed by atoms with Crippen LogP contribution in [0.3, 0.4) is 0 Å². The predicted octanol–water partition coefficient (Wildman–Crippen LogP) is 0.157. The molecule has 3 aliphatic heterocycles. The molecule has 2 fully saturated rings. The Bertz CT molecular complexity index is 775. The molecule has 4 rings (SSSR count). The first-order valence-electron chi connectivity index (χ1n) is 9.20. The molecule has 0 spiro atoms. The van der Waals surface area contributed by atoms with Crippen molar-refractivity contribution in [3.05, 3.63) is 29.3 Å². The predicted molar refractivity (Wildman–Crippen MR) is 95.2 cm³/mol. The Labute approximate surface area is 157 Å². The van der Waals surface area contributed by atoms with Crippen LogP contribution in [0.25, 0.3) is 0 Å². The van der Waals surface area contributed by atoms with Gasteiger partial charge >= 0.3 is 0 Å². The van der Waals surface area contributed by atoms with E-state index in [4.69, 9.17) is 9.47 Å². The topological polar surface area (TPSA) is 88.2 Å². The lowest BCUT2D eigenvalue weighted by atomic mass is 10.0. The number of fused-ring (bicyclic) bond motifs is 1. The minimum Gasteiger partial charge on any atom is -0.492 e. The van der Waals surface area contributed by atoms with E-state index in [1.165, 1.54) is 0 Å². The molecule has 0 bridgehead atoms. The molecule has 8 nitrogen and oxygen atoms in total. The summed E-state index contributed by atoms with van der Waals surface area (Å²) in [6.07, 6.45) is 0.950. The molecular formula is C19H23N3O5. The molecule has 0 radical (unpaired) electrons. The van der Waals surface area contributed by atoms with Crippen LogP contribution in [0.5, 0.6) is 5.75 Å². The Morgan fingerprint density at radius 2 is 2.04 bits per heavy atom. The number of piperidine rings is 1. The van der Waals surface area contributed by atoms with Gasteiger partial charge in [0.05, 0.1) is 6.10 Å². The van der Waals surface area contributed by atoms with Gasteiger partial charge in [0, 0.05) is 45.3 Å². The number of ether oxygens (including phenoxy) is 2. The van der Waals surface area contributed by atoms with Crippen LogP contribution in [0.1, 0.15) is 28.8 Å². The van der Waals surface area contributed by atoms with Crippen molar-refractivity contribution in [1.29, 1.82) is 0 Å². The Kier molecular flexibility index (Phi) is 4.84. The van der Waals surface area contributed by atoms with Crippen LogP contribution in [-0.4, -0.2) is 73.0 Å². The van der Waals surface area contributed by atoms with E-state index in [1.54, 1.807) is 24.1 Å². The van der Waals surface area contributed by atoms with Gasteiger partial charge in [-0.25, -0.2) is 0 Å². The molecule has 1 atom stereocenters. The molecule has 0 saturated carbocycles. The fourth-order valence-electron chi connectivity index (χ4n) is 3.79. The third kappa shape index (κ3) is 3.54. The zero-order valence-electron chi connectivity index (χ0n) is 15.3. The summed E-state index contributed by atoms with van der Waals surface area (Å²) in [5.74, 6) is -0.129. The third-order valence-electron chi connectivity index (χ3n) is 5.43. The summed E-state index contributed by atoms with van der Waals surface area (Å²) in [4.78, 5) is 39.8. The molecule has 3 heterocycles. The average molecular weight is 373 g/mol. The SMILES string of the molecule is COC1CN(CCOc2ccc3c(c2)CN(C2CCC(=O)NC2=O)C3=O)C1. The summed E-state index contributed by atoms with van der Waals surface area (Å²) < 4.78 is 11.1. The molecule has 2 saturated heterocycles. The number of likely N-dealkylation sites (tertiary alicyclic amines) is 1. The molecule has 144 valence electrons. The smallest absolute Gasteiger partial charge is 0.255 e. The lowest BCUT2D eigenvalue weighted by Crippen LogP contribution is -2.52. The second-order valence-electron chi connectivity index (χ2n) is 7.18. The maximum atomic E-state index is 12.6. The van der Waals surface area contributed by atoms with Crippen LogP contribution in [0, 0.1) is 0 Å². The Balaban J connectivity index is 1.35. The number of amides is 3. The van der Waals surface area contributed by atoms with Gasteiger partial charge in [-0.2, -0.15) is 0 Å². The van der Waals surface area contributed by atoms with Crippen LogP contribution >= 0.6 is 0 Å². The second kappa shape index (κ2) is 7.28. The number of methoxy groups -OCH3 is 1. The minimum absolute atomic E-state index is 0.169. The monoisotopic (exact) mass is 373 g/mol. The number of nitrogens with one attached hydrogen (secondary N) is 1. The molecule has 8 heteroatoms. The maximum absolute atomic E-state index is 12.6. The average Bonchev–Trinajstić information content (AvgIpc) is 2.93. The summed E-state index contributed by atoms with van der Waals surface area (Å²) in [6, 6.07) is 4.82. The number of hydrogen-bond donors (Lipinski definition) is 1.